The maximum atomic E-state index is 8.93. The third kappa shape index (κ3) is 15.0. The maximum Gasteiger partial charge on any atom is 0.100 e. The Morgan fingerprint density at radius 3 is 1.74 bits per heavy atom. The summed E-state index contributed by atoms with van der Waals surface area (Å²) in [6.07, 6.45) is 4.98. The molecule has 0 aromatic heterocycles. The van der Waals surface area contributed by atoms with E-state index in [4.69, 9.17) is 35.4 Å². The zero-order valence-corrected chi connectivity index (χ0v) is 14.4. The van der Waals surface area contributed by atoms with Crippen LogP contribution in [-0.4, -0.2) is 83.0 Å². The van der Waals surface area contributed by atoms with Gasteiger partial charge in [0.2, 0.25) is 0 Å². The van der Waals surface area contributed by atoms with Crippen LogP contribution in [0.5, 0.6) is 0 Å². The van der Waals surface area contributed by atoms with Gasteiger partial charge in [-0.25, -0.2) is 0 Å². The third-order valence-electron chi connectivity index (χ3n) is 3.72. The van der Waals surface area contributed by atoms with Crippen LogP contribution in [0.3, 0.4) is 0 Å². The van der Waals surface area contributed by atoms with E-state index in [0.29, 0.717) is 13.0 Å². The first-order valence-corrected chi connectivity index (χ1v) is 8.35. The largest absolute Gasteiger partial charge is 0.396 e. The molecule has 23 heavy (non-hydrogen) atoms. The lowest BCUT2D eigenvalue weighted by Gasteiger charge is -2.24. The van der Waals surface area contributed by atoms with Crippen LogP contribution in [0.1, 0.15) is 45.4 Å². The Kier molecular flexibility index (Phi) is 19.6. The monoisotopic (exact) mass is 340 g/mol. The molecule has 7 heteroatoms. The summed E-state index contributed by atoms with van der Waals surface area (Å²) in [5.41, 5.74) is -0.667. The number of ether oxygens (including phenoxy) is 1. The first-order chi connectivity index (χ1) is 11.1. The molecule has 0 aromatic carbocycles. The topological polar surface area (TPSA) is 131 Å². The first kappa shape index (κ1) is 25.0. The van der Waals surface area contributed by atoms with Crippen molar-refractivity contribution >= 4 is 0 Å². The first-order valence-electron chi connectivity index (χ1n) is 8.35. The molecule has 6 N–H and O–H groups in total. The zero-order chi connectivity index (χ0) is 18.0. The molecule has 0 saturated carbocycles. The molecular formula is C16H36O7. The number of hydrogen-bond donors (Lipinski definition) is 6. The van der Waals surface area contributed by atoms with Crippen LogP contribution in [-0.2, 0) is 4.74 Å². The lowest BCUT2D eigenvalue weighted by Crippen LogP contribution is -2.32. The van der Waals surface area contributed by atoms with E-state index < -0.39 is 11.5 Å². The molecule has 7 nitrogen and oxygen atoms in total. The van der Waals surface area contributed by atoms with Crippen molar-refractivity contribution in [2.24, 2.45) is 5.41 Å². The molecular weight excluding hydrogens is 304 g/mol. The average Bonchev–Trinajstić information content (AvgIpc) is 2.60. The molecule has 142 valence electrons. The summed E-state index contributed by atoms with van der Waals surface area (Å²) in [5.74, 6) is 0. The molecule has 0 radical (unpaired) electrons. The summed E-state index contributed by atoms with van der Waals surface area (Å²) in [6, 6.07) is 0. The molecule has 0 saturated heterocycles. The Hall–Kier alpha value is -0.280. The van der Waals surface area contributed by atoms with Gasteiger partial charge in [0.05, 0.1) is 33.0 Å². The number of aliphatic hydroxyl groups is 6. The van der Waals surface area contributed by atoms with E-state index in [1.165, 1.54) is 0 Å². The van der Waals surface area contributed by atoms with Crippen molar-refractivity contribution in [2.45, 2.75) is 51.6 Å². The molecule has 0 heterocycles. The van der Waals surface area contributed by atoms with Gasteiger partial charge in [-0.15, -0.1) is 0 Å². The molecule has 0 aromatic rings. The smallest absolute Gasteiger partial charge is 0.100 e. The summed E-state index contributed by atoms with van der Waals surface area (Å²) >= 11 is 0. The molecule has 0 amide bonds. The lowest BCUT2D eigenvalue weighted by molar-refractivity contribution is 0.00304. The standard InChI is InChI=1S/C10H22O4.C6H14O3/c11-6-4-2-1-3-5-7-14-9-10(13)8-12;1-2-6(3-7,4-8)5-9/h10-13H,1-9H2;7-9H,2-5H2,1H3. The third-order valence-corrected chi connectivity index (χ3v) is 3.72. The summed E-state index contributed by atoms with van der Waals surface area (Å²) in [5, 5.41) is 51.9. The van der Waals surface area contributed by atoms with Gasteiger partial charge in [0.15, 0.2) is 0 Å². The van der Waals surface area contributed by atoms with E-state index in [1.807, 2.05) is 6.92 Å². The van der Waals surface area contributed by atoms with Gasteiger partial charge in [0, 0.05) is 18.6 Å². The Balaban J connectivity index is 0. The molecule has 0 aliphatic carbocycles. The highest BCUT2D eigenvalue weighted by molar-refractivity contribution is 4.74. The van der Waals surface area contributed by atoms with Crippen molar-refractivity contribution in [3.8, 4) is 0 Å². The minimum Gasteiger partial charge on any atom is -0.396 e. The molecule has 0 fully saturated rings. The van der Waals surface area contributed by atoms with Crippen molar-refractivity contribution < 1.29 is 35.4 Å². The van der Waals surface area contributed by atoms with Crippen LogP contribution in [0.2, 0.25) is 0 Å². The number of hydrogen-bond acceptors (Lipinski definition) is 7. The second-order valence-corrected chi connectivity index (χ2v) is 5.73. The minimum atomic E-state index is -0.746. The van der Waals surface area contributed by atoms with E-state index >= 15 is 0 Å². The number of unbranched alkanes of at least 4 members (excludes halogenated alkanes) is 4. The molecule has 1 unspecified atom stereocenters. The van der Waals surface area contributed by atoms with E-state index in [2.05, 4.69) is 0 Å². The number of rotatable bonds is 14. The van der Waals surface area contributed by atoms with E-state index in [1.54, 1.807) is 0 Å². The van der Waals surface area contributed by atoms with Gasteiger partial charge in [-0.2, -0.15) is 0 Å². The Morgan fingerprint density at radius 2 is 1.35 bits per heavy atom. The molecule has 0 rings (SSSR count). The minimum absolute atomic E-state index is 0.156. The predicted octanol–water partition coefficient (Wildman–Crippen LogP) is -0.341. The highest BCUT2D eigenvalue weighted by atomic mass is 16.5. The van der Waals surface area contributed by atoms with Crippen LogP contribution in [0.4, 0.5) is 0 Å². The molecule has 1 atom stereocenters. The SMILES string of the molecule is CCC(CO)(CO)CO.OCCCCCCCOCC(O)CO. The van der Waals surface area contributed by atoms with Crippen LogP contribution < -0.4 is 0 Å². The fraction of sp³-hybridized carbons (Fsp3) is 1.00. The quantitative estimate of drug-likeness (QED) is 0.238. The van der Waals surface area contributed by atoms with Crippen LogP contribution in [0.25, 0.3) is 0 Å². The Morgan fingerprint density at radius 1 is 0.826 bits per heavy atom. The molecule has 0 aliphatic heterocycles. The van der Waals surface area contributed by atoms with Crippen molar-refractivity contribution in [2.75, 3.05) is 46.2 Å². The van der Waals surface area contributed by atoms with E-state index in [0.717, 1.165) is 32.1 Å². The van der Waals surface area contributed by atoms with Crippen LogP contribution in [0.15, 0.2) is 0 Å². The van der Waals surface area contributed by atoms with Crippen LogP contribution in [0, 0.1) is 5.41 Å². The van der Waals surface area contributed by atoms with Gasteiger partial charge >= 0.3 is 0 Å². The highest BCUT2D eigenvalue weighted by Crippen LogP contribution is 2.18. The average molecular weight is 340 g/mol. The summed E-state index contributed by atoms with van der Waals surface area (Å²) in [6.45, 7) is 2.24. The van der Waals surface area contributed by atoms with Gasteiger partial charge in [-0.05, 0) is 19.3 Å². The van der Waals surface area contributed by atoms with E-state index in [9.17, 15) is 0 Å². The summed E-state index contributed by atoms with van der Waals surface area (Å²) in [7, 11) is 0. The maximum absolute atomic E-state index is 8.93. The second kappa shape index (κ2) is 18.1. The fourth-order valence-corrected chi connectivity index (χ4v) is 1.60. The van der Waals surface area contributed by atoms with Gasteiger partial charge in [-0.3, -0.25) is 0 Å². The molecule has 0 bridgehead atoms. The summed E-state index contributed by atoms with van der Waals surface area (Å²) < 4.78 is 5.13. The van der Waals surface area contributed by atoms with Crippen molar-refractivity contribution in [1.82, 2.24) is 0 Å². The van der Waals surface area contributed by atoms with Gasteiger partial charge in [0.25, 0.3) is 0 Å². The second-order valence-electron chi connectivity index (χ2n) is 5.73. The fourth-order valence-electron chi connectivity index (χ4n) is 1.60. The van der Waals surface area contributed by atoms with Gasteiger partial charge in [0.1, 0.15) is 6.10 Å². The lowest BCUT2D eigenvalue weighted by atomic mass is 9.88. The number of aliphatic hydroxyl groups excluding tert-OH is 6. The highest BCUT2D eigenvalue weighted by Gasteiger charge is 2.24. The predicted molar refractivity (Wildman–Crippen MR) is 88.1 cm³/mol. The van der Waals surface area contributed by atoms with Crippen LogP contribution >= 0.6 is 0 Å². The molecule has 0 spiro atoms. The molecule has 0 aliphatic rings. The van der Waals surface area contributed by atoms with Gasteiger partial charge < -0.3 is 35.4 Å². The normalized spacial score (nSPS) is 12.7. The van der Waals surface area contributed by atoms with Crippen molar-refractivity contribution in [3.05, 3.63) is 0 Å². The Labute approximate surface area is 139 Å². The summed E-state index contributed by atoms with van der Waals surface area (Å²) in [4.78, 5) is 0. The van der Waals surface area contributed by atoms with Crippen molar-refractivity contribution in [3.63, 3.8) is 0 Å². The van der Waals surface area contributed by atoms with Crippen molar-refractivity contribution in [1.29, 1.82) is 0 Å². The zero-order valence-electron chi connectivity index (χ0n) is 14.4. The van der Waals surface area contributed by atoms with Gasteiger partial charge in [-0.1, -0.05) is 26.2 Å². The van der Waals surface area contributed by atoms with E-state index in [-0.39, 0.29) is 39.6 Å². The Bertz CT molecular complexity index is 205.